The molecule has 2 aromatic carbocycles. The number of hydrogen-bond donors (Lipinski definition) is 2. The van der Waals surface area contributed by atoms with Crippen molar-refractivity contribution in [3.63, 3.8) is 0 Å². The van der Waals surface area contributed by atoms with Crippen LogP contribution in [0.1, 0.15) is 38.5 Å². The van der Waals surface area contributed by atoms with Crippen molar-refractivity contribution in [2.24, 2.45) is 0 Å². The average molecular weight is 619 g/mol. The maximum atomic E-state index is 16.6. The zero-order valence-electron chi connectivity index (χ0n) is 22.8. The van der Waals surface area contributed by atoms with E-state index in [9.17, 15) is 13.9 Å². The highest BCUT2D eigenvalue weighted by atomic mass is 35.5. The zero-order valence-corrected chi connectivity index (χ0v) is 24.3. The molecule has 3 aliphatic heterocycles. The van der Waals surface area contributed by atoms with Crippen molar-refractivity contribution in [3.8, 4) is 17.1 Å². The highest BCUT2D eigenvalue weighted by Crippen LogP contribution is 2.44. The van der Waals surface area contributed by atoms with Crippen molar-refractivity contribution >= 4 is 55.0 Å². The molecular weight excluding hydrogens is 589 g/mol. The molecule has 0 radical (unpaired) electrons. The van der Waals surface area contributed by atoms with E-state index < -0.39 is 29.4 Å². The zero-order chi connectivity index (χ0) is 29.2. The van der Waals surface area contributed by atoms with Crippen LogP contribution >= 0.6 is 22.9 Å². The van der Waals surface area contributed by atoms with Crippen LogP contribution in [0.3, 0.4) is 0 Å². The minimum atomic E-state index is -0.917. The summed E-state index contributed by atoms with van der Waals surface area (Å²) in [6, 6.07) is 4.27. The average Bonchev–Trinajstić information content (AvgIpc) is 3.57. The third-order valence-electron chi connectivity index (χ3n) is 8.85. The number of rotatable bonds is 5. The van der Waals surface area contributed by atoms with Gasteiger partial charge in [-0.1, -0.05) is 22.9 Å². The second kappa shape index (κ2) is 10.7. The molecule has 0 saturated carbocycles. The number of aliphatic hydroxyl groups excluding tert-OH is 1. The molecule has 0 spiro atoms. The number of aliphatic hydroxyl groups is 1. The minimum Gasteiger partial charge on any atom is -0.461 e. The molecule has 3 fully saturated rings. The van der Waals surface area contributed by atoms with E-state index in [-0.39, 0.29) is 44.1 Å². The standard InChI is InChI=1S/C29H30ClF3N6O2S/c30-19-11-18-23(22(33)21(19)17-4-5-20(32)25-24(17)35-27(34)42-25)36-28(37-26(18)38-8-1-3-16(40)6-10-38)41-14-29-7-2-9-39(29)13-15(31)12-29/h4-5,11,15-16,40H,1-3,6-10,12-14H2,(H2,34,35)/t15-,16-,29+/m1/s1. The van der Waals surface area contributed by atoms with Crippen LogP contribution in [0.25, 0.3) is 32.2 Å². The molecule has 3 N–H and O–H groups in total. The molecule has 7 rings (SSSR count). The topological polar surface area (TPSA) is 101 Å². The van der Waals surface area contributed by atoms with E-state index in [1.165, 1.54) is 12.1 Å². The van der Waals surface area contributed by atoms with Gasteiger partial charge in [-0.3, -0.25) is 4.90 Å². The molecule has 222 valence electrons. The lowest BCUT2D eigenvalue weighted by Crippen LogP contribution is -2.43. The van der Waals surface area contributed by atoms with Gasteiger partial charge in [0, 0.05) is 42.6 Å². The number of hydrogen-bond acceptors (Lipinski definition) is 9. The van der Waals surface area contributed by atoms with Gasteiger partial charge in [-0.15, -0.1) is 0 Å². The van der Waals surface area contributed by atoms with Gasteiger partial charge in [-0.05, 0) is 56.8 Å². The fourth-order valence-electron chi connectivity index (χ4n) is 6.84. The molecular formula is C29H30ClF3N6O2S. The summed E-state index contributed by atoms with van der Waals surface area (Å²) >= 11 is 7.72. The summed E-state index contributed by atoms with van der Waals surface area (Å²) < 4.78 is 51.9. The second-order valence-electron chi connectivity index (χ2n) is 11.5. The Labute approximate surface area is 249 Å². The summed E-state index contributed by atoms with van der Waals surface area (Å²) in [4.78, 5) is 17.6. The maximum Gasteiger partial charge on any atom is 0.319 e. The number of thiazole rings is 1. The maximum absolute atomic E-state index is 16.6. The first kappa shape index (κ1) is 27.9. The van der Waals surface area contributed by atoms with Gasteiger partial charge in [0.2, 0.25) is 0 Å². The summed E-state index contributed by atoms with van der Waals surface area (Å²) in [7, 11) is 0. The number of nitrogen functional groups attached to an aromatic ring is 1. The summed E-state index contributed by atoms with van der Waals surface area (Å²) in [6.45, 7) is 2.49. The summed E-state index contributed by atoms with van der Waals surface area (Å²) in [5.74, 6) is -0.772. The Morgan fingerprint density at radius 2 is 1.98 bits per heavy atom. The molecule has 3 aliphatic rings. The first-order valence-corrected chi connectivity index (χ1v) is 15.4. The highest BCUT2D eigenvalue weighted by molar-refractivity contribution is 7.22. The van der Waals surface area contributed by atoms with E-state index in [4.69, 9.17) is 27.1 Å². The van der Waals surface area contributed by atoms with Crippen LogP contribution in [0.2, 0.25) is 5.02 Å². The van der Waals surface area contributed by atoms with Crippen LogP contribution in [0.5, 0.6) is 6.01 Å². The van der Waals surface area contributed by atoms with Gasteiger partial charge in [0.25, 0.3) is 0 Å². The minimum absolute atomic E-state index is 0.00422. The predicted molar refractivity (Wildman–Crippen MR) is 158 cm³/mol. The van der Waals surface area contributed by atoms with Gasteiger partial charge in [-0.2, -0.15) is 9.97 Å². The lowest BCUT2D eigenvalue weighted by Gasteiger charge is -2.31. The monoisotopic (exact) mass is 618 g/mol. The molecule has 0 bridgehead atoms. The van der Waals surface area contributed by atoms with Crippen molar-refractivity contribution < 1.29 is 23.0 Å². The molecule has 42 heavy (non-hydrogen) atoms. The summed E-state index contributed by atoms with van der Waals surface area (Å²) in [6.07, 6.45) is 2.71. The predicted octanol–water partition coefficient (Wildman–Crippen LogP) is 5.73. The number of fused-ring (bicyclic) bond motifs is 3. The van der Waals surface area contributed by atoms with Crippen LogP contribution in [-0.2, 0) is 0 Å². The van der Waals surface area contributed by atoms with E-state index in [2.05, 4.69) is 14.9 Å². The molecule has 5 heterocycles. The van der Waals surface area contributed by atoms with Crippen LogP contribution in [0.4, 0.5) is 24.1 Å². The van der Waals surface area contributed by atoms with Gasteiger partial charge in [0.1, 0.15) is 29.9 Å². The first-order chi connectivity index (χ1) is 20.2. The lowest BCUT2D eigenvalue weighted by molar-refractivity contribution is 0.107. The Morgan fingerprint density at radius 3 is 2.83 bits per heavy atom. The molecule has 13 heteroatoms. The Morgan fingerprint density at radius 1 is 1.12 bits per heavy atom. The van der Waals surface area contributed by atoms with Crippen molar-refractivity contribution in [1.82, 2.24) is 19.9 Å². The van der Waals surface area contributed by atoms with Gasteiger partial charge in [0.15, 0.2) is 10.9 Å². The fraction of sp³-hybridized carbons (Fsp3) is 0.483. The lowest BCUT2D eigenvalue weighted by atomic mass is 9.95. The number of nitrogens with two attached hydrogens (primary N) is 1. The third-order valence-corrected chi connectivity index (χ3v) is 10.0. The molecule has 0 amide bonds. The van der Waals surface area contributed by atoms with Gasteiger partial charge >= 0.3 is 6.01 Å². The normalized spacial score (nSPS) is 24.9. The molecule has 8 nitrogen and oxygen atoms in total. The van der Waals surface area contributed by atoms with E-state index in [1.54, 1.807) is 6.07 Å². The van der Waals surface area contributed by atoms with Gasteiger partial charge < -0.3 is 20.5 Å². The summed E-state index contributed by atoms with van der Waals surface area (Å²) in [5, 5.41) is 10.9. The number of benzene rings is 2. The second-order valence-corrected chi connectivity index (χ2v) is 13.0. The Kier molecular flexibility index (Phi) is 7.07. The highest BCUT2D eigenvalue weighted by Gasteiger charge is 2.49. The van der Waals surface area contributed by atoms with Crippen molar-refractivity contribution in [1.29, 1.82) is 0 Å². The number of halogens is 4. The molecule has 0 aliphatic carbocycles. The molecule has 4 aromatic rings. The Bertz CT molecular complexity index is 1690. The van der Waals surface area contributed by atoms with Gasteiger partial charge in [-0.25, -0.2) is 18.2 Å². The van der Waals surface area contributed by atoms with Crippen molar-refractivity contribution in [2.45, 2.75) is 56.3 Å². The summed E-state index contributed by atoms with van der Waals surface area (Å²) in [5.41, 5.74) is 5.98. The molecule has 3 saturated heterocycles. The molecule has 0 unspecified atom stereocenters. The van der Waals surface area contributed by atoms with E-state index in [0.717, 1.165) is 37.1 Å². The smallest absolute Gasteiger partial charge is 0.319 e. The molecule has 3 atom stereocenters. The van der Waals surface area contributed by atoms with Crippen LogP contribution < -0.4 is 15.4 Å². The number of aromatic nitrogens is 3. The Hall–Kier alpha value is -2.93. The molecule has 2 aromatic heterocycles. The SMILES string of the molecule is Nc1nc2c(-c3c(Cl)cc4c(N5CCC[C@@H](O)CC5)nc(OC[C@@]56CCCN5C[C@H](F)C6)nc4c3F)ccc(F)c2s1. The van der Waals surface area contributed by atoms with Crippen LogP contribution in [0.15, 0.2) is 18.2 Å². The van der Waals surface area contributed by atoms with E-state index in [1.807, 2.05) is 4.90 Å². The first-order valence-electron chi connectivity index (χ1n) is 14.2. The van der Waals surface area contributed by atoms with E-state index in [0.29, 0.717) is 55.7 Å². The largest absolute Gasteiger partial charge is 0.461 e. The van der Waals surface area contributed by atoms with Crippen molar-refractivity contribution in [2.75, 3.05) is 43.4 Å². The van der Waals surface area contributed by atoms with E-state index >= 15 is 4.39 Å². The number of nitrogens with zero attached hydrogens (tertiary/aromatic N) is 5. The van der Waals surface area contributed by atoms with Crippen LogP contribution in [0, 0.1) is 11.6 Å². The van der Waals surface area contributed by atoms with Crippen molar-refractivity contribution in [3.05, 3.63) is 34.9 Å². The van der Waals surface area contributed by atoms with Gasteiger partial charge in [0.05, 0.1) is 26.9 Å². The number of alkyl halides is 1. The quantitative estimate of drug-likeness (QED) is 0.293. The Balaban J connectivity index is 1.36. The van der Waals surface area contributed by atoms with Crippen LogP contribution in [-0.4, -0.2) is 75.6 Å². The fourth-order valence-corrected chi connectivity index (χ4v) is 7.90. The number of anilines is 2. The third kappa shape index (κ3) is 4.72. The number of ether oxygens (including phenoxy) is 1.